The Hall–Kier alpha value is -1.41. The van der Waals surface area contributed by atoms with Crippen molar-refractivity contribution in [2.75, 3.05) is 25.9 Å². The van der Waals surface area contributed by atoms with Crippen molar-refractivity contribution in [3.8, 4) is 0 Å². The van der Waals surface area contributed by atoms with Crippen LogP contribution in [0, 0.1) is 5.92 Å². The molecule has 3 fully saturated rings. The van der Waals surface area contributed by atoms with Gasteiger partial charge < -0.3 is 9.42 Å². The van der Waals surface area contributed by atoms with E-state index >= 15 is 0 Å². The van der Waals surface area contributed by atoms with Crippen molar-refractivity contribution >= 4 is 15.9 Å². The number of sulfonamides is 1. The summed E-state index contributed by atoms with van der Waals surface area (Å²) in [4.78, 5) is 14.2. The van der Waals surface area contributed by atoms with Crippen LogP contribution in [0.4, 0.5) is 0 Å². The molecule has 3 heterocycles. The first-order valence-corrected chi connectivity index (χ1v) is 9.51. The molecule has 1 aromatic rings. The second kappa shape index (κ2) is 4.79. The lowest BCUT2D eigenvalue weighted by Crippen LogP contribution is -2.40. The molecule has 1 aromatic heterocycles. The van der Waals surface area contributed by atoms with E-state index in [1.165, 1.54) is 10.6 Å². The number of nitrogens with zero attached hydrogens (tertiary/aromatic N) is 3. The average molecular weight is 325 g/mol. The third kappa shape index (κ3) is 2.34. The molecule has 0 spiro atoms. The molecule has 2 atom stereocenters. The molecular formula is C14H19N3O4S. The number of hydrogen-bond donors (Lipinski definition) is 0. The molecule has 0 radical (unpaired) electrons. The van der Waals surface area contributed by atoms with Gasteiger partial charge in [0.15, 0.2) is 5.69 Å². The molecule has 0 N–H and O–H groups in total. The van der Waals surface area contributed by atoms with Crippen LogP contribution in [-0.2, 0) is 10.0 Å². The monoisotopic (exact) mass is 325 g/mol. The number of aromatic nitrogens is 1. The van der Waals surface area contributed by atoms with Crippen molar-refractivity contribution in [1.82, 2.24) is 14.4 Å². The predicted molar refractivity (Wildman–Crippen MR) is 77.8 cm³/mol. The van der Waals surface area contributed by atoms with Crippen molar-refractivity contribution in [2.45, 2.75) is 31.2 Å². The number of carbonyl (C=O) groups excluding carboxylic acids is 1. The summed E-state index contributed by atoms with van der Waals surface area (Å²) in [6.45, 7) is 1.61. The summed E-state index contributed by atoms with van der Waals surface area (Å²) < 4.78 is 30.4. The summed E-state index contributed by atoms with van der Waals surface area (Å²) in [6.07, 6.45) is 4.24. The van der Waals surface area contributed by atoms with Gasteiger partial charge in [-0.2, -0.15) is 4.31 Å². The maximum Gasteiger partial charge on any atom is 0.276 e. The van der Waals surface area contributed by atoms with Crippen LogP contribution in [0.25, 0.3) is 0 Å². The molecule has 3 aliphatic rings. The molecule has 8 heteroatoms. The fraction of sp³-hybridized carbons (Fsp3) is 0.714. The zero-order valence-electron chi connectivity index (χ0n) is 12.4. The van der Waals surface area contributed by atoms with E-state index in [0.717, 1.165) is 25.0 Å². The summed E-state index contributed by atoms with van der Waals surface area (Å²) in [5.41, 5.74) is 0.341. The third-order valence-electron chi connectivity index (χ3n) is 4.94. The number of carbonyl (C=O) groups is 1. The van der Waals surface area contributed by atoms with Gasteiger partial charge in [-0.25, -0.2) is 8.42 Å². The highest BCUT2D eigenvalue weighted by molar-refractivity contribution is 7.88. The first-order valence-electron chi connectivity index (χ1n) is 7.66. The molecule has 7 nitrogen and oxygen atoms in total. The molecule has 22 heavy (non-hydrogen) atoms. The van der Waals surface area contributed by atoms with Gasteiger partial charge in [0.1, 0.15) is 5.76 Å². The molecular weight excluding hydrogens is 306 g/mol. The molecule has 2 saturated heterocycles. The van der Waals surface area contributed by atoms with E-state index < -0.39 is 10.0 Å². The lowest BCUT2D eigenvalue weighted by molar-refractivity contribution is 0.0768. The highest BCUT2D eigenvalue weighted by atomic mass is 32.2. The predicted octanol–water partition coefficient (Wildman–Crippen LogP) is 0.658. The van der Waals surface area contributed by atoms with Gasteiger partial charge in [0.2, 0.25) is 10.0 Å². The van der Waals surface area contributed by atoms with Crippen LogP contribution in [0.3, 0.4) is 0 Å². The lowest BCUT2D eigenvalue weighted by atomic mass is 10.1. The van der Waals surface area contributed by atoms with Gasteiger partial charge in [0.25, 0.3) is 5.91 Å². The smallest absolute Gasteiger partial charge is 0.276 e. The molecule has 2 aliphatic heterocycles. The minimum absolute atomic E-state index is 0.0891. The first kappa shape index (κ1) is 14.2. The van der Waals surface area contributed by atoms with Crippen molar-refractivity contribution in [1.29, 1.82) is 0 Å². The quantitative estimate of drug-likeness (QED) is 0.815. The number of fused-ring (bicyclic) bond motifs is 1. The Labute approximate surface area is 129 Å². The standard InChI is InChI=1S/C14H19N3O4S/c1-22(19,20)17-5-4-10-7-16(8-12(10)17)14(18)11-6-13(21-15-11)9-2-3-9/h6,9-10,12H,2-5,7-8H2,1H3/t10-,12+/m1/s1. The van der Waals surface area contributed by atoms with Crippen molar-refractivity contribution < 1.29 is 17.7 Å². The van der Waals surface area contributed by atoms with Crippen LogP contribution in [0.5, 0.6) is 0 Å². The van der Waals surface area contributed by atoms with Crippen molar-refractivity contribution in [2.24, 2.45) is 5.92 Å². The third-order valence-corrected chi connectivity index (χ3v) is 6.24. The van der Waals surface area contributed by atoms with Crippen LogP contribution in [0.1, 0.15) is 41.4 Å². The van der Waals surface area contributed by atoms with Crippen LogP contribution < -0.4 is 0 Å². The molecule has 120 valence electrons. The molecule has 0 unspecified atom stereocenters. The largest absolute Gasteiger partial charge is 0.360 e. The maximum absolute atomic E-state index is 12.5. The zero-order valence-corrected chi connectivity index (χ0v) is 13.3. The Bertz CT molecular complexity index is 709. The van der Waals surface area contributed by atoms with E-state index in [-0.39, 0.29) is 17.9 Å². The summed E-state index contributed by atoms with van der Waals surface area (Å²) in [5, 5.41) is 3.89. The zero-order chi connectivity index (χ0) is 15.5. The second-order valence-electron chi connectivity index (χ2n) is 6.59. The number of hydrogen-bond acceptors (Lipinski definition) is 5. The van der Waals surface area contributed by atoms with Crippen LogP contribution >= 0.6 is 0 Å². The van der Waals surface area contributed by atoms with Gasteiger partial charge >= 0.3 is 0 Å². The van der Waals surface area contributed by atoms with Gasteiger partial charge in [0, 0.05) is 37.7 Å². The average Bonchev–Trinajstić information content (AvgIpc) is 2.88. The Morgan fingerprint density at radius 1 is 1.32 bits per heavy atom. The minimum Gasteiger partial charge on any atom is -0.360 e. The van der Waals surface area contributed by atoms with Crippen molar-refractivity contribution in [3.63, 3.8) is 0 Å². The second-order valence-corrected chi connectivity index (χ2v) is 8.52. The molecule has 4 rings (SSSR count). The van der Waals surface area contributed by atoms with Crippen LogP contribution in [-0.4, -0.2) is 60.6 Å². The topological polar surface area (TPSA) is 83.7 Å². The van der Waals surface area contributed by atoms with Gasteiger partial charge in [-0.05, 0) is 25.2 Å². The lowest BCUT2D eigenvalue weighted by Gasteiger charge is -2.22. The maximum atomic E-state index is 12.5. The van der Waals surface area contributed by atoms with Crippen LogP contribution in [0.2, 0.25) is 0 Å². The van der Waals surface area contributed by atoms with E-state index in [1.807, 2.05) is 0 Å². The SMILES string of the molecule is CS(=O)(=O)N1CC[C@@H]2CN(C(=O)c3cc(C4CC4)on3)C[C@@H]21. The highest BCUT2D eigenvalue weighted by Crippen LogP contribution is 2.40. The van der Waals surface area contributed by atoms with E-state index in [0.29, 0.717) is 31.2 Å². The van der Waals surface area contributed by atoms with Crippen molar-refractivity contribution in [3.05, 3.63) is 17.5 Å². The van der Waals surface area contributed by atoms with E-state index in [1.54, 1.807) is 11.0 Å². The summed E-state index contributed by atoms with van der Waals surface area (Å²) in [7, 11) is -3.21. The Balaban J connectivity index is 1.49. The van der Waals surface area contributed by atoms with E-state index in [2.05, 4.69) is 5.16 Å². The molecule has 0 bridgehead atoms. The Kier molecular flexibility index (Phi) is 3.09. The van der Waals surface area contributed by atoms with E-state index in [4.69, 9.17) is 4.52 Å². The summed E-state index contributed by atoms with van der Waals surface area (Å²) in [6, 6.07) is 1.65. The summed E-state index contributed by atoms with van der Waals surface area (Å²) in [5.74, 6) is 1.29. The molecule has 0 aromatic carbocycles. The summed E-state index contributed by atoms with van der Waals surface area (Å²) >= 11 is 0. The minimum atomic E-state index is -3.21. The fourth-order valence-corrected chi connectivity index (χ4v) is 4.78. The van der Waals surface area contributed by atoms with Gasteiger partial charge in [0.05, 0.1) is 6.26 Å². The van der Waals surface area contributed by atoms with Gasteiger partial charge in [-0.3, -0.25) is 4.79 Å². The van der Waals surface area contributed by atoms with Gasteiger partial charge in [-0.15, -0.1) is 0 Å². The normalized spacial score (nSPS) is 29.0. The highest BCUT2D eigenvalue weighted by Gasteiger charge is 2.46. The number of rotatable bonds is 3. The molecule has 1 amide bonds. The van der Waals surface area contributed by atoms with Crippen LogP contribution in [0.15, 0.2) is 10.6 Å². The Morgan fingerprint density at radius 3 is 2.77 bits per heavy atom. The fourth-order valence-electron chi connectivity index (χ4n) is 3.61. The van der Waals surface area contributed by atoms with E-state index in [9.17, 15) is 13.2 Å². The number of likely N-dealkylation sites (tertiary alicyclic amines) is 1. The Morgan fingerprint density at radius 2 is 2.09 bits per heavy atom. The number of amides is 1. The molecule has 1 saturated carbocycles. The first-order chi connectivity index (χ1) is 10.4. The molecule has 1 aliphatic carbocycles. The van der Waals surface area contributed by atoms with Gasteiger partial charge in [-0.1, -0.05) is 5.16 Å².